The molecule has 0 bridgehead atoms. The summed E-state index contributed by atoms with van der Waals surface area (Å²) in [7, 11) is 0. The summed E-state index contributed by atoms with van der Waals surface area (Å²) in [4.78, 5) is 4.62. The molecule has 0 saturated heterocycles. The van der Waals surface area contributed by atoms with Crippen molar-refractivity contribution >= 4 is 5.96 Å². The highest BCUT2D eigenvalue weighted by atomic mass is 15.2. The fraction of sp³-hybridized carbons (Fsp3) is 0.929. The van der Waals surface area contributed by atoms with Crippen molar-refractivity contribution in [2.24, 2.45) is 16.8 Å². The molecule has 0 amide bonds. The molecule has 2 N–H and O–H groups in total. The van der Waals surface area contributed by atoms with E-state index in [2.05, 4.69) is 43.3 Å². The van der Waals surface area contributed by atoms with Crippen LogP contribution in [0.5, 0.6) is 0 Å². The lowest BCUT2D eigenvalue weighted by Crippen LogP contribution is -2.39. The van der Waals surface area contributed by atoms with E-state index in [9.17, 15) is 0 Å². The molecular formula is C14H29N3. The van der Waals surface area contributed by atoms with Crippen LogP contribution in [0.1, 0.15) is 53.4 Å². The Kier molecular flexibility index (Phi) is 6.38. The van der Waals surface area contributed by atoms with Crippen molar-refractivity contribution < 1.29 is 0 Å². The zero-order chi connectivity index (χ0) is 12.7. The van der Waals surface area contributed by atoms with Gasteiger partial charge in [-0.3, -0.25) is 4.99 Å². The maximum Gasteiger partial charge on any atom is 0.191 e. The quantitative estimate of drug-likeness (QED) is 0.529. The third-order valence-electron chi connectivity index (χ3n) is 3.22. The van der Waals surface area contributed by atoms with Crippen molar-refractivity contribution in [3.8, 4) is 0 Å². The molecule has 2 unspecified atom stereocenters. The van der Waals surface area contributed by atoms with Gasteiger partial charge in [0.15, 0.2) is 5.96 Å². The monoisotopic (exact) mass is 239 g/mol. The van der Waals surface area contributed by atoms with E-state index in [-0.39, 0.29) is 0 Å². The Bertz CT molecular complexity index is 236. The lowest BCUT2D eigenvalue weighted by Gasteiger charge is -2.11. The SMILES string of the molecule is CCCC1CC1NC(=NCCC(C)C)NCC. The number of guanidine groups is 1. The van der Waals surface area contributed by atoms with Gasteiger partial charge in [0.2, 0.25) is 0 Å². The molecular weight excluding hydrogens is 210 g/mol. The van der Waals surface area contributed by atoms with Crippen LogP contribution in [0.4, 0.5) is 0 Å². The van der Waals surface area contributed by atoms with Crippen LogP contribution in [0.25, 0.3) is 0 Å². The maximum absolute atomic E-state index is 4.62. The second kappa shape index (κ2) is 7.57. The minimum Gasteiger partial charge on any atom is -0.357 e. The highest BCUT2D eigenvalue weighted by molar-refractivity contribution is 5.80. The number of nitrogens with one attached hydrogen (secondary N) is 2. The lowest BCUT2D eigenvalue weighted by atomic mass is 10.1. The summed E-state index contributed by atoms with van der Waals surface area (Å²) in [5.41, 5.74) is 0. The third kappa shape index (κ3) is 5.94. The lowest BCUT2D eigenvalue weighted by molar-refractivity contribution is 0.593. The van der Waals surface area contributed by atoms with Crippen molar-refractivity contribution in [1.29, 1.82) is 0 Å². The van der Waals surface area contributed by atoms with Crippen molar-refractivity contribution in [1.82, 2.24) is 10.6 Å². The van der Waals surface area contributed by atoms with Crippen LogP contribution in [0.2, 0.25) is 0 Å². The summed E-state index contributed by atoms with van der Waals surface area (Å²) in [6.07, 6.45) is 5.13. The second-order valence-corrected chi connectivity index (χ2v) is 5.48. The third-order valence-corrected chi connectivity index (χ3v) is 3.22. The van der Waals surface area contributed by atoms with Gasteiger partial charge in [-0.2, -0.15) is 0 Å². The van der Waals surface area contributed by atoms with Gasteiger partial charge in [-0.1, -0.05) is 27.2 Å². The molecule has 100 valence electrons. The Hall–Kier alpha value is -0.730. The van der Waals surface area contributed by atoms with Gasteiger partial charge >= 0.3 is 0 Å². The van der Waals surface area contributed by atoms with Crippen LogP contribution in [0.3, 0.4) is 0 Å². The molecule has 1 aliphatic rings. The van der Waals surface area contributed by atoms with Crippen molar-refractivity contribution in [3.63, 3.8) is 0 Å². The van der Waals surface area contributed by atoms with Crippen LogP contribution in [-0.2, 0) is 0 Å². The molecule has 0 aromatic rings. The van der Waals surface area contributed by atoms with E-state index in [0.717, 1.165) is 30.9 Å². The van der Waals surface area contributed by atoms with E-state index in [4.69, 9.17) is 0 Å². The van der Waals surface area contributed by atoms with Gasteiger partial charge in [0.05, 0.1) is 0 Å². The van der Waals surface area contributed by atoms with E-state index in [1.165, 1.54) is 25.7 Å². The summed E-state index contributed by atoms with van der Waals surface area (Å²) in [6, 6.07) is 0.673. The summed E-state index contributed by atoms with van der Waals surface area (Å²) < 4.78 is 0. The van der Waals surface area contributed by atoms with Crippen LogP contribution in [0.15, 0.2) is 4.99 Å². The van der Waals surface area contributed by atoms with Gasteiger partial charge < -0.3 is 10.6 Å². The first-order chi connectivity index (χ1) is 8.17. The molecule has 0 radical (unpaired) electrons. The van der Waals surface area contributed by atoms with E-state index in [1.807, 2.05) is 0 Å². The zero-order valence-corrected chi connectivity index (χ0v) is 11.9. The molecule has 1 saturated carbocycles. The molecule has 3 nitrogen and oxygen atoms in total. The van der Waals surface area contributed by atoms with Gasteiger partial charge in [0.25, 0.3) is 0 Å². The average molecular weight is 239 g/mol. The first-order valence-corrected chi connectivity index (χ1v) is 7.22. The Morgan fingerprint density at radius 2 is 2.12 bits per heavy atom. The smallest absolute Gasteiger partial charge is 0.191 e. The number of rotatable bonds is 7. The minimum atomic E-state index is 0.673. The topological polar surface area (TPSA) is 36.4 Å². The highest BCUT2D eigenvalue weighted by Gasteiger charge is 2.36. The van der Waals surface area contributed by atoms with Gasteiger partial charge in [-0.05, 0) is 38.0 Å². The number of hydrogen-bond donors (Lipinski definition) is 2. The zero-order valence-electron chi connectivity index (χ0n) is 11.9. The molecule has 3 heteroatoms. The number of nitrogens with zero attached hydrogens (tertiary/aromatic N) is 1. The molecule has 0 heterocycles. The Morgan fingerprint density at radius 3 is 2.71 bits per heavy atom. The molecule has 0 aromatic carbocycles. The fourth-order valence-electron chi connectivity index (χ4n) is 2.04. The Balaban J connectivity index is 2.28. The molecule has 0 spiro atoms. The normalized spacial score (nSPS) is 23.9. The van der Waals surface area contributed by atoms with Gasteiger partial charge in [0.1, 0.15) is 0 Å². The highest BCUT2D eigenvalue weighted by Crippen LogP contribution is 2.34. The van der Waals surface area contributed by atoms with Crippen LogP contribution < -0.4 is 10.6 Å². The predicted octanol–water partition coefficient (Wildman–Crippen LogP) is 2.78. The molecule has 1 fully saturated rings. The first-order valence-electron chi connectivity index (χ1n) is 7.22. The van der Waals surface area contributed by atoms with Crippen molar-refractivity contribution in [3.05, 3.63) is 0 Å². The van der Waals surface area contributed by atoms with Gasteiger partial charge in [0, 0.05) is 19.1 Å². The van der Waals surface area contributed by atoms with E-state index in [0.29, 0.717) is 6.04 Å². The number of aliphatic imine (C=N–C) groups is 1. The Morgan fingerprint density at radius 1 is 1.35 bits per heavy atom. The largest absolute Gasteiger partial charge is 0.357 e. The van der Waals surface area contributed by atoms with Gasteiger partial charge in [-0.15, -0.1) is 0 Å². The Labute approximate surface area is 106 Å². The van der Waals surface area contributed by atoms with E-state index < -0.39 is 0 Å². The van der Waals surface area contributed by atoms with Crippen molar-refractivity contribution in [2.75, 3.05) is 13.1 Å². The van der Waals surface area contributed by atoms with Crippen molar-refractivity contribution in [2.45, 2.75) is 59.4 Å². The summed E-state index contributed by atoms with van der Waals surface area (Å²) >= 11 is 0. The molecule has 17 heavy (non-hydrogen) atoms. The van der Waals surface area contributed by atoms with E-state index >= 15 is 0 Å². The molecule has 0 aromatic heterocycles. The predicted molar refractivity (Wildman–Crippen MR) is 75.4 cm³/mol. The van der Waals surface area contributed by atoms with Crippen LogP contribution >= 0.6 is 0 Å². The fourth-order valence-corrected chi connectivity index (χ4v) is 2.04. The van der Waals surface area contributed by atoms with E-state index in [1.54, 1.807) is 0 Å². The first kappa shape index (κ1) is 14.3. The molecule has 0 aliphatic heterocycles. The molecule has 1 aliphatic carbocycles. The molecule has 1 rings (SSSR count). The summed E-state index contributed by atoms with van der Waals surface area (Å²) in [6.45, 7) is 10.7. The minimum absolute atomic E-state index is 0.673. The standard InChI is InChI=1S/C14H29N3/c1-5-7-12-10-13(12)17-14(15-6-2)16-9-8-11(3)4/h11-13H,5-10H2,1-4H3,(H2,15,16,17). The summed E-state index contributed by atoms with van der Waals surface area (Å²) in [5.74, 6) is 2.63. The summed E-state index contributed by atoms with van der Waals surface area (Å²) in [5, 5.41) is 6.87. The van der Waals surface area contributed by atoms with Gasteiger partial charge in [-0.25, -0.2) is 0 Å². The second-order valence-electron chi connectivity index (χ2n) is 5.48. The van der Waals surface area contributed by atoms with Crippen LogP contribution in [-0.4, -0.2) is 25.1 Å². The number of hydrogen-bond acceptors (Lipinski definition) is 1. The maximum atomic E-state index is 4.62. The average Bonchev–Trinajstić information content (AvgIpc) is 2.96. The van der Waals surface area contributed by atoms with Crippen LogP contribution in [0, 0.1) is 11.8 Å². The molecule has 2 atom stereocenters.